The molecule has 0 amide bonds. The second-order valence-electron chi connectivity index (χ2n) is 3.18. The van der Waals surface area contributed by atoms with Crippen LogP contribution in [0.2, 0.25) is 0 Å². The fourth-order valence-corrected chi connectivity index (χ4v) is 2.80. The van der Waals surface area contributed by atoms with Crippen LogP contribution in [0.4, 0.5) is 0 Å². The fourth-order valence-electron chi connectivity index (χ4n) is 1.41. The van der Waals surface area contributed by atoms with Gasteiger partial charge in [-0.15, -0.1) is 11.3 Å². The first kappa shape index (κ1) is 11.8. The van der Waals surface area contributed by atoms with Crippen molar-refractivity contribution in [3.8, 4) is 5.75 Å². The Labute approximate surface area is 111 Å². The smallest absolute Gasteiger partial charge is 0.143 e. The quantitative estimate of drug-likeness (QED) is 0.869. The molecule has 84 valence electrons. The minimum Gasteiger partial charge on any atom is -0.495 e. The van der Waals surface area contributed by atoms with Crippen molar-refractivity contribution in [1.82, 2.24) is 4.98 Å². The Morgan fingerprint density at radius 3 is 3.00 bits per heavy atom. The van der Waals surface area contributed by atoms with Crippen LogP contribution in [0.3, 0.4) is 0 Å². The zero-order chi connectivity index (χ0) is 11.5. The SMILES string of the molecule is COc1cccnc1C(O)c1csc(I)c1. The van der Waals surface area contributed by atoms with E-state index in [-0.39, 0.29) is 0 Å². The Bertz CT molecular complexity index is 486. The van der Waals surface area contributed by atoms with Crippen molar-refractivity contribution in [2.45, 2.75) is 6.10 Å². The van der Waals surface area contributed by atoms with Crippen molar-refractivity contribution in [3.63, 3.8) is 0 Å². The molecule has 2 heterocycles. The second-order valence-corrected chi connectivity index (χ2v) is 5.98. The number of aromatic nitrogens is 1. The van der Waals surface area contributed by atoms with Gasteiger partial charge in [0.05, 0.1) is 9.99 Å². The number of ether oxygens (including phenoxy) is 1. The summed E-state index contributed by atoms with van der Waals surface area (Å²) >= 11 is 3.83. The molecule has 5 heteroatoms. The van der Waals surface area contributed by atoms with Crippen molar-refractivity contribution in [2.75, 3.05) is 7.11 Å². The van der Waals surface area contributed by atoms with E-state index in [0.29, 0.717) is 11.4 Å². The van der Waals surface area contributed by atoms with Gasteiger partial charge in [0.1, 0.15) is 17.5 Å². The lowest BCUT2D eigenvalue weighted by Crippen LogP contribution is -2.03. The molecule has 16 heavy (non-hydrogen) atoms. The Hall–Kier alpha value is -0.660. The maximum absolute atomic E-state index is 10.2. The summed E-state index contributed by atoms with van der Waals surface area (Å²) in [5.41, 5.74) is 1.41. The normalized spacial score (nSPS) is 12.4. The van der Waals surface area contributed by atoms with Crippen LogP contribution in [0.15, 0.2) is 29.8 Å². The molecule has 0 fully saturated rings. The zero-order valence-electron chi connectivity index (χ0n) is 8.55. The minimum atomic E-state index is -0.726. The highest BCUT2D eigenvalue weighted by molar-refractivity contribution is 14.1. The average molecular weight is 347 g/mol. The van der Waals surface area contributed by atoms with Gasteiger partial charge in [0.15, 0.2) is 0 Å². The van der Waals surface area contributed by atoms with Gasteiger partial charge in [-0.3, -0.25) is 4.98 Å². The third-order valence-electron chi connectivity index (χ3n) is 2.18. The molecule has 2 rings (SSSR count). The molecule has 0 aliphatic rings. The predicted molar refractivity (Wildman–Crippen MR) is 71.9 cm³/mol. The Morgan fingerprint density at radius 2 is 2.38 bits per heavy atom. The monoisotopic (exact) mass is 347 g/mol. The molecule has 1 N–H and O–H groups in total. The molecule has 0 bridgehead atoms. The summed E-state index contributed by atoms with van der Waals surface area (Å²) in [6.45, 7) is 0. The van der Waals surface area contributed by atoms with Gasteiger partial charge in [0.25, 0.3) is 0 Å². The summed E-state index contributed by atoms with van der Waals surface area (Å²) < 4.78 is 6.31. The molecule has 0 saturated carbocycles. The van der Waals surface area contributed by atoms with Gasteiger partial charge >= 0.3 is 0 Å². The first-order chi connectivity index (χ1) is 7.72. The number of hydrogen-bond acceptors (Lipinski definition) is 4. The van der Waals surface area contributed by atoms with Crippen molar-refractivity contribution < 1.29 is 9.84 Å². The number of pyridine rings is 1. The fraction of sp³-hybridized carbons (Fsp3) is 0.182. The lowest BCUT2D eigenvalue weighted by Gasteiger charge is -2.11. The highest BCUT2D eigenvalue weighted by Gasteiger charge is 2.17. The van der Waals surface area contributed by atoms with Gasteiger partial charge in [0, 0.05) is 6.20 Å². The zero-order valence-corrected chi connectivity index (χ0v) is 11.5. The van der Waals surface area contributed by atoms with Crippen LogP contribution in [0, 0.1) is 2.88 Å². The molecule has 0 spiro atoms. The Kier molecular flexibility index (Phi) is 3.78. The molecular formula is C11H10INO2S. The van der Waals surface area contributed by atoms with Crippen LogP contribution in [0.5, 0.6) is 5.75 Å². The standard InChI is InChI=1S/C11H10INO2S/c1-15-8-3-2-4-13-10(8)11(14)7-5-9(12)16-6-7/h2-6,11,14H,1H3. The van der Waals surface area contributed by atoms with Crippen LogP contribution in [-0.4, -0.2) is 17.2 Å². The van der Waals surface area contributed by atoms with Crippen LogP contribution in [0.25, 0.3) is 0 Å². The third-order valence-corrected chi connectivity index (χ3v) is 3.99. The lowest BCUT2D eigenvalue weighted by atomic mass is 10.1. The Morgan fingerprint density at radius 1 is 1.56 bits per heavy atom. The lowest BCUT2D eigenvalue weighted by molar-refractivity contribution is 0.209. The van der Waals surface area contributed by atoms with Crippen molar-refractivity contribution in [2.24, 2.45) is 0 Å². The number of rotatable bonds is 3. The van der Waals surface area contributed by atoms with E-state index in [1.54, 1.807) is 36.8 Å². The molecule has 3 nitrogen and oxygen atoms in total. The van der Waals surface area contributed by atoms with Crippen molar-refractivity contribution >= 4 is 33.9 Å². The van der Waals surface area contributed by atoms with Crippen LogP contribution >= 0.6 is 33.9 Å². The number of thiophene rings is 1. The average Bonchev–Trinajstić information content (AvgIpc) is 2.75. The number of hydrogen-bond donors (Lipinski definition) is 1. The van der Waals surface area contributed by atoms with E-state index in [2.05, 4.69) is 27.6 Å². The number of halogens is 1. The minimum absolute atomic E-state index is 0.555. The summed E-state index contributed by atoms with van der Waals surface area (Å²) in [6, 6.07) is 5.53. The van der Waals surface area contributed by atoms with Crippen LogP contribution in [-0.2, 0) is 0 Å². The van der Waals surface area contributed by atoms with Gasteiger partial charge < -0.3 is 9.84 Å². The summed E-state index contributed by atoms with van der Waals surface area (Å²) in [5.74, 6) is 0.608. The van der Waals surface area contributed by atoms with Gasteiger partial charge in [-0.1, -0.05) is 0 Å². The molecule has 2 aromatic rings. The van der Waals surface area contributed by atoms with E-state index in [9.17, 15) is 5.11 Å². The molecule has 2 aromatic heterocycles. The number of nitrogens with zero attached hydrogens (tertiary/aromatic N) is 1. The third kappa shape index (κ3) is 2.36. The van der Waals surface area contributed by atoms with E-state index in [0.717, 1.165) is 8.45 Å². The largest absolute Gasteiger partial charge is 0.495 e. The predicted octanol–water partition coefficient (Wildman–Crippen LogP) is 2.84. The number of aliphatic hydroxyl groups excluding tert-OH is 1. The van der Waals surface area contributed by atoms with E-state index in [1.165, 1.54) is 0 Å². The van der Waals surface area contributed by atoms with Crippen molar-refractivity contribution in [1.29, 1.82) is 0 Å². The molecular weight excluding hydrogens is 337 g/mol. The molecule has 0 aromatic carbocycles. The number of methoxy groups -OCH3 is 1. The van der Waals surface area contributed by atoms with Gasteiger partial charge in [-0.05, 0) is 51.7 Å². The van der Waals surface area contributed by atoms with E-state index in [4.69, 9.17) is 4.74 Å². The molecule has 1 atom stereocenters. The first-order valence-electron chi connectivity index (χ1n) is 4.63. The molecule has 0 radical (unpaired) electrons. The second kappa shape index (κ2) is 5.11. The van der Waals surface area contributed by atoms with E-state index < -0.39 is 6.10 Å². The topological polar surface area (TPSA) is 42.4 Å². The maximum atomic E-state index is 10.2. The van der Waals surface area contributed by atoms with Crippen molar-refractivity contribution in [3.05, 3.63) is 43.9 Å². The first-order valence-corrected chi connectivity index (χ1v) is 6.59. The highest BCUT2D eigenvalue weighted by atomic mass is 127. The highest BCUT2D eigenvalue weighted by Crippen LogP contribution is 2.30. The van der Waals surface area contributed by atoms with Gasteiger partial charge in [-0.2, -0.15) is 0 Å². The molecule has 0 saturated heterocycles. The summed E-state index contributed by atoms with van der Waals surface area (Å²) in [5, 5.41) is 12.1. The van der Waals surface area contributed by atoms with Crippen LogP contribution in [0.1, 0.15) is 17.4 Å². The summed E-state index contributed by atoms with van der Waals surface area (Å²) in [7, 11) is 1.57. The summed E-state index contributed by atoms with van der Waals surface area (Å²) in [6.07, 6.45) is 0.925. The maximum Gasteiger partial charge on any atom is 0.143 e. The van der Waals surface area contributed by atoms with Gasteiger partial charge in [0.2, 0.25) is 0 Å². The van der Waals surface area contributed by atoms with Gasteiger partial charge in [-0.25, -0.2) is 0 Å². The molecule has 0 aliphatic carbocycles. The molecule has 1 unspecified atom stereocenters. The van der Waals surface area contributed by atoms with Crippen LogP contribution < -0.4 is 4.74 Å². The number of aliphatic hydroxyl groups is 1. The molecule has 0 aliphatic heterocycles. The van der Waals surface area contributed by atoms with E-state index >= 15 is 0 Å². The summed E-state index contributed by atoms with van der Waals surface area (Å²) in [4.78, 5) is 4.16. The van der Waals surface area contributed by atoms with E-state index in [1.807, 2.05) is 11.4 Å². The Balaban J connectivity index is 2.36.